The number of benzene rings is 2. The van der Waals surface area contributed by atoms with Gasteiger partial charge >= 0.3 is 5.97 Å². The van der Waals surface area contributed by atoms with Crippen LogP contribution in [0.5, 0.6) is 0 Å². The zero-order valence-corrected chi connectivity index (χ0v) is 16.4. The van der Waals surface area contributed by atoms with Gasteiger partial charge in [0.25, 0.3) is 5.69 Å². The van der Waals surface area contributed by atoms with Crippen LogP contribution in [0.2, 0.25) is 5.02 Å². The Labute approximate surface area is 171 Å². The highest BCUT2D eigenvalue weighted by Gasteiger charge is 2.24. The average molecular weight is 437 g/mol. The molecule has 0 spiro atoms. The van der Waals surface area contributed by atoms with E-state index in [0.29, 0.717) is 10.7 Å². The number of nitro groups is 1. The van der Waals surface area contributed by atoms with Crippen molar-refractivity contribution in [2.24, 2.45) is 0 Å². The number of anilines is 2. The number of nitrogens with zero attached hydrogens (tertiary/aromatic N) is 4. The summed E-state index contributed by atoms with van der Waals surface area (Å²) in [6.45, 7) is 0. The lowest BCUT2D eigenvalue weighted by molar-refractivity contribution is -0.384. The molecule has 0 saturated carbocycles. The first-order valence-electron chi connectivity index (χ1n) is 7.93. The Balaban J connectivity index is 2.11. The molecule has 12 heteroatoms. The van der Waals surface area contributed by atoms with Gasteiger partial charge in [0.1, 0.15) is 0 Å². The monoisotopic (exact) mass is 436 g/mol. The summed E-state index contributed by atoms with van der Waals surface area (Å²) >= 11 is 5.86. The molecule has 29 heavy (non-hydrogen) atoms. The van der Waals surface area contributed by atoms with Crippen molar-refractivity contribution in [2.45, 2.75) is 0 Å². The largest absolute Gasteiger partial charge is 0.465 e. The van der Waals surface area contributed by atoms with Gasteiger partial charge in [-0.2, -0.15) is 5.10 Å². The standard InChI is InChI=1S/C17H13ClN4O6S/c1-28-17(23)15-8-13(22(24)25)6-7-16(15)21(29(26)27)14-9-19-20(10-14)12-4-2-11(18)3-5-12/h2-10,29H,1H3. The second-order valence-electron chi connectivity index (χ2n) is 5.62. The number of esters is 1. The predicted octanol–water partition coefficient (Wildman–Crippen LogP) is 2.89. The van der Waals surface area contributed by atoms with E-state index in [-0.39, 0.29) is 22.6 Å². The summed E-state index contributed by atoms with van der Waals surface area (Å²) in [5.41, 5.74) is -0.0184. The molecule has 3 rings (SSSR count). The van der Waals surface area contributed by atoms with E-state index in [2.05, 4.69) is 9.84 Å². The molecule has 0 aliphatic rings. The van der Waals surface area contributed by atoms with Gasteiger partial charge in [0.15, 0.2) is 0 Å². The van der Waals surface area contributed by atoms with Gasteiger partial charge in [-0.1, -0.05) is 11.6 Å². The summed E-state index contributed by atoms with van der Waals surface area (Å²) in [7, 11) is -2.18. The minimum Gasteiger partial charge on any atom is -0.465 e. The molecule has 0 bridgehead atoms. The molecular weight excluding hydrogens is 424 g/mol. The van der Waals surface area contributed by atoms with E-state index in [1.54, 1.807) is 24.3 Å². The number of halogens is 1. The number of methoxy groups -OCH3 is 1. The Bertz CT molecular complexity index is 1150. The minimum absolute atomic E-state index is 0.103. The fraction of sp³-hybridized carbons (Fsp3) is 0.0588. The molecule has 0 saturated heterocycles. The number of non-ortho nitro benzene ring substituents is 1. The number of hydrogen-bond acceptors (Lipinski definition) is 7. The van der Waals surface area contributed by atoms with E-state index < -0.39 is 21.8 Å². The normalized spacial score (nSPS) is 10.7. The van der Waals surface area contributed by atoms with Gasteiger partial charge in [0.2, 0.25) is 10.9 Å². The van der Waals surface area contributed by atoms with Crippen LogP contribution in [0.3, 0.4) is 0 Å². The lowest BCUT2D eigenvalue weighted by atomic mass is 10.1. The fourth-order valence-electron chi connectivity index (χ4n) is 2.57. The number of rotatable bonds is 6. The molecule has 0 aliphatic carbocycles. The summed E-state index contributed by atoms with van der Waals surface area (Å²) in [6, 6.07) is 9.88. The number of hydrogen-bond donors (Lipinski definition) is 1. The molecule has 1 heterocycles. The average Bonchev–Trinajstić information content (AvgIpc) is 3.17. The van der Waals surface area contributed by atoms with Crippen molar-refractivity contribution in [3.63, 3.8) is 0 Å². The lowest BCUT2D eigenvalue weighted by Crippen LogP contribution is -2.18. The number of nitro benzene ring substituents is 1. The van der Waals surface area contributed by atoms with Crippen molar-refractivity contribution < 1.29 is 22.9 Å². The third kappa shape index (κ3) is 4.20. The highest BCUT2D eigenvalue weighted by Crippen LogP contribution is 2.32. The molecule has 0 atom stereocenters. The van der Waals surface area contributed by atoms with Crippen LogP contribution in [0.25, 0.3) is 5.69 Å². The molecule has 0 fully saturated rings. The van der Waals surface area contributed by atoms with Crippen LogP contribution in [0.4, 0.5) is 17.1 Å². The Morgan fingerprint density at radius 2 is 1.93 bits per heavy atom. The third-order valence-electron chi connectivity index (χ3n) is 3.89. The van der Waals surface area contributed by atoms with E-state index in [0.717, 1.165) is 29.6 Å². The number of carbonyl (C=O) groups excluding carboxylic acids is 1. The topological polar surface area (TPSA) is 125 Å². The molecule has 0 N–H and O–H groups in total. The van der Waals surface area contributed by atoms with Gasteiger partial charge in [-0.05, 0) is 30.3 Å². The predicted molar refractivity (Wildman–Crippen MR) is 105 cm³/mol. The molecule has 10 nitrogen and oxygen atoms in total. The van der Waals surface area contributed by atoms with Crippen molar-refractivity contribution in [3.8, 4) is 5.69 Å². The van der Waals surface area contributed by atoms with Gasteiger partial charge in [-0.3, -0.25) is 10.1 Å². The summed E-state index contributed by atoms with van der Waals surface area (Å²) in [4.78, 5) is 22.5. The van der Waals surface area contributed by atoms with Crippen LogP contribution < -0.4 is 4.31 Å². The second-order valence-corrected chi connectivity index (χ2v) is 6.93. The van der Waals surface area contributed by atoms with E-state index in [9.17, 15) is 23.3 Å². The Hall–Kier alpha value is -3.44. The Kier molecular flexibility index (Phi) is 5.80. The smallest absolute Gasteiger partial charge is 0.340 e. The van der Waals surface area contributed by atoms with Crippen LogP contribution in [0.1, 0.15) is 10.4 Å². The first-order chi connectivity index (χ1) is 13.8. The lowest BCUT2D eigenvalue weighted by Gasteiger charge is -2.18. The van der Waals surface area contributed by atoms with Gasteiger partial charge in [0.05, 0.1) is 47.1 Å². The summed E-state index contributed by atoms with van der Waals surface area (Å²) in [5, 5.41) is 15.7. The zero-order chi connectivity index (χ0) is 21.1. The first-order valence-corrected chi connectivity index (χ1v) is 9.44. The number of aromatic nitrogens is 2. The maximum Gasteiger partial charge on any atom is 0.340 e. The molecule has 1 aromatic heterocycles. The Morgan fingerprint density at radius 1 is 1.24 bits per heavy atom. The van der Waals surface area contributed by atoms with E-state index >= 15 is 0 Å². The first kappa shape index (κ1) is 20.3. The third-order valence-corrected chi connectivity index (χ3v) is 4.92. The van der Waals surface area contributed by atoms with Crippen LogP contribution in [0, 0.1) is 10.1 Å². The summed E-state index contributed by atoms with van der Waals surface area (Å²) in [6.07, 6.45) is 2.71. The van der Waals surface area contributed by atoms with Gasteiger partial charge in [-0.15, -0.1) is 0 Å². The van der Waals surface area contributed by atoms with Crippen molar-refractivity contribution >= 4 is 45.5 Å². The number of carbonyl (C=O) groups is 1. The van der Waals surface area contributed by atoms with Crippen molar-refractivity contribution in [1.82, 2.24) is 9.78 Å². The highest BCUT2D eigenvalue weighted by atomic mass is 35.5. The van der Waals surface area contributed by atoms with Crippen LogP contribution >= 0.6 is 11.6 Å². The molecule has 2 aromatic carbocycles. The maximum absolute atomic E-state index is 12.1. The molecule has 0 amide bonds. The van der Waals surface area contributed by atoms with E-state index in [1.807, 2.05) is 0 Å². The van der Waals surface area contributed by atoms with Crippen LogP contribution in [0.15, 0.2) is 54.9 Å². The molecule has 0 radical (unpaired) electrons. The fourth-order valence-corrected chi connectivity index (χ4v) is 3.34. The number of thiol groups is 1. The SMILES string of the molecule is COC(=O)c1cc([N+](=O)[O-])ccc1N(c1cnn(-c2ccc(Cl)cc2)c1)[SH](=O)=O. The molecule has 3 aromatic rings. The van der Waals surface area contributed by atoms with Gasteiger partial charge in [0, 0.05) is 17.2 Å². The number of ether oxygens (including phenoxy) is 1. The molecule has 0 unspecified atom stereocenters. The zero-order valence-electron chi connectivity index (χ0n) is 14.8. The van der Waals surface area contributed by atoms with Crippen LogP contribution in [-0.2, 0) is 15.6 Å². The van der Waals surface area contributed by atoms with E-state index in [1.165, 1.54) is 17.1 Å². The second kappa shape index (κ2) is 8.29. The molecular formula is C17H13ClN4O6S. The van der Waals surface area contributed by atoms with E-state index in [4.69, 9.17) is 11.6 Å². The van der Waals surface area contributed by atoms with Crippen molar-refractivity contribution in [2.75, 3.05) is 11.4 Å². The van der Waals surface area contributed by atoms with Gasteiger partial charge in [-0.25, -0.2) is 22.2 Å². The highest BCUT2D eigenvalue weighted by molar-refractivity contribution is 7.74. The minimum atomic E-state index is -3.27. The van der Waals surface area contributed by atoms with Gasteiger partial charge < -0.3 is 4.74 Å². The molecule has 0 aliphatic heterocycles. The Morgan fingerprint density at radius 3 is 2.52 bits per heavy atom. The maximum atomic E-state index is 12.1. The summed E-state index contributed by atoms with van der Waals surface area (Å²) in [5.74, 6) is -0.921. The van der Waals surface area contributed by atoms with Crippen molar-refractivity contribution in [1.29, 1.82) is 0 Å². The van der Waals surface area contributed by atoms with Crippen LogP contribution in [-0.4, -0.2) is 36.2 Å². The quantitative estimate of drug-likeness (QED) is 0.272. The molecule has 150 valence electrons. The van der Waals surface area contributed by atoms with Crippen molar-refractivity contribution in [3.05, 3.63) is 75.6 Å². The summed E-state index contributed by atoms with van der Waals surface area (Å²) < 4.78 is 30.9.